The molecule has 1 aromatic carbocycles. The van der Waals surface area contributed by atoms with Crippen molar-refractivity contribution in [3.05, 3.63) is 33.3 Å². The highest BCUT2D eigenvalue weighted by Crippen LogP contribution is 2.27. The zero-order chi connectivity index (χ0) is 13.7. The maximum absolute atomic E-state index is 10.7. The third-order valence-electron chi connectivity index (χ3n) is 2.31. The molecule has 0 amide bonds. The zero-order valence-electron chi connectivity index (χ0n) is 9.77. The van der Waals surface area contributed by atoms with Crippen LogP contribution in [0.1, 0.15) is 25.0 Å². The third kappa shape index (κ3) is 5.28. The minimum Gasteiger partial charge on any atom is -0.390 e. The number of hydrogen-bond acceptors (Lipinski definition) is 4. The van der Waals surface area contributed by atoms with E-state index in [4.69, 9.17) is 11.6 Å². The minimum absolute atomic E-state index is 0.00203. The molecule has 0 aliphatic carbocycles. The molecular weight excluding hydrogens is 340 g/mol. The van der Waals surface area contributed by atoms with Crippen molar-refractivity contribution in [2.45, 2.75) is 25.6 Å². The molecule has 0 radical (unpaired) electrons. The van der Waals surface area contributed by atoms with Gasteiger partial charge in [0.05, 0.1) is 6.10 Å². The second-order valence-electron chi connectivity index (χ2n) is 3.84. The molecule has 0 saturated carbocycles. The van der Waals surface area contributed by atoms with Crippen molar-refractivity contribution < 1.29 is 15.0 Å². The van der Waals surface area contributed by atoms with Gasteiger partial charge in [-0.3, -0.25) is 4.79 Å². The average molecular weight is 354 g/mol. The number of halogens is 2. The Balaban J connectivity index is 2.62. The van der Waals surface area contributed by atoms with Gasteiger partial charge in [-0.05, 0) is 30.2 Å². The van der Waals surface area contributed by atoms with Crippen molar-refractivity contribution >= 4 is 44.4 Å². The molecule has 1 aromatic rings. The average Bonchev–Trinajstić information content (AvgIpc) is 2.26. The van der Waals surface area contributed by atoms with Gasteiger partial charge in [0.2, 0.25) is 0 Å². The van der Waals surface area contributed by atoms with Crippen LogP contribution < -0.4 is 0 Å². The van der Waals surface area contributed by atoms with Crippen LogP contribution in [0.25, 0.3) is 0 Å². The lowest BCUT2D eigenvalue weighted by molar-refractivity contribution is -0.109. The second kappa shape index (κ2) is 7.50. The Labute approximate surface area is 124 Å². The van der Waals surface area contributed by atoms with E-state index in [-0.39, 0.29) is 5.12 Å². The fraction of sp³-hybridized carbons (Fsp3) is 0.417. The van der Waals surface area contributed by atoms with Crippen LogP contribution in [-0.4, -0.2) is 27.2 Å². The fourth-order valence-corrected chi connectivity index (χ4v) is 2.98. The Morgan fingerprint density at radius 1 is 1.44 bits per heavy atom. The molecule has 18 heavy (non-hydrogen) atoms. The molecule has 0 heterocycles. The van der Waals surface area contributed by atoms with Gasteiger partial charge < -0.3 is 10.2 Å². The normalized spacial score (nSPS) is 14.3. The van der Waals surface area contributed by atoms with Crippen LogP contribution in [0.2, 0.25) is 5.02 Å². The van der Waals surface area contributed by atoms with E-state index < -0.39 is 12.2 Å². The maximum atomic E-state index is 10.7. The first-order valence-electron chi connectivity index (χ1n) is 5.35. The summed E-state index contributed by atoms with van der Waals surface area (Å²) in [4.78, 5) is 10.7. The number of benzene rings is 1. The lowest BCUT2D eigenvalue weighted by Crippen LogP contribution is -2.19. The number of thioether (sulfide) groups is 1. The Morgan fingerprint density at radius 2 is 2.11 bits per heavy atom. The molecule has 2 atom stereocenters. The van der Waals surface area contributed by atoms with Gasteiger partial charge in [-0.1, -0.05) is 39.3 Å². The smallest absolute Gasteiger partial charge is 0.185 e. The molecule has 1 rings (SSSR count). The Bertz CT molecular complexity index is 408. The summed E-state index contributed by atoms with van der Waals surface area (Å²) in [5.74, 6) is 0.481. The van der Waals surface area contributed by atoms with E-state index in [1.54, 1.807) is 18.2 Å². The first-order chi connectivity index (χ1) is 8.40. The van der Waals surface area contributed by atoms with E-state index in [1.807, 2.05) is 0 Å². The number of aliphatic hydroxyl groups is 2. The highest BCUT2D eigenvalue weighted by atomic mass is 79.9. The van der Waals surface area contributed by atoms with Crippen LogP contribution in [0.4, 0.5) is 0 Å². The van der Waals surface area contributed by atoms with Crippen LogP contribution in [0, 0.1) is 0 Å². The first-order valence-corrected chi connectivity index (χ1v) is 7.51. The van der Waals surface area contributed by atoms with Gasteiger partial charge in [-0.2, -0.15) is 0 Å². The summed E-state index contributed by atoms with van der Waals surface area (Å²) in [6.07, 6.45) is -1.58. The van der Waals surface area contributed by atoms with Crippen molar-refractivity contribution in [3.8, 4) is 0 Å². The number of hydrogen-bond donors (Lipinski definition) is 2. The second-order valence-corrected chi connectivity index (χ2v) is 6.47. The monoisotopic (exact) mass is 352 g/mol. The Morgan fingerprint density at radius 3 is 2.67 bits per heavy atom. The third-order valence-corrected chi connectivity index (χ3v) is 3.83. The molecule has 0 saturated heterocycles. The van der Waals surface area contributed by atoms with Gasteiger partial charge in [0.1, 0.15) is 6.10 Å². The quantitative estimate of drug-likeness (QED) is 0.853. The van der Waals surface area contributed by atoms with Crippen LogP contribution >= 0.6 is 39.3 Å². The highest BCUT2D eigenvalue weighted by Gasteiger charge is 2.19. The van der Waals surface area contributed by atoms with E-state index in [0.29, 0.717) is 22.8 Å². The topological polar surface area (TPSA) is 57.5 Å². The summed E-state index contributed by atoms with van der Waals surface area (Å²) < 4.78 is 0.745. The number of carbonyl (C=O) groups is 1. The van der Waals surface area contributed by atoms with E-state index in [9.17, 15) is 15.0 Å². The highest BCUT2D eigenvalue weighted by molar-refractivity contribution is 9.10. The number of rotatable bonds is 5. The van der Waals surface area contributed by atoms with Gasteiger partial charge in [0.25, 0.3) is 0 Å². The molecule has 6 heteroatoms. The van der Waals surface area contributed by atoms with Crippen molar-refractivity contribution in [2.24, 2.45) is 0 Å². The molecule has 2 N–H and O–H groups in total. The standard InChI is InChI=1S/C12H14BrClO3S/c1-7(15)18-3-2-11(16)12(17)8-4-9(13)6-10(14)5-8/h4-6,11-12,16-17H,2-3H2,1H3. The van der Waals surface area contributed by atoms with Crippen molar-refractivity contribution in [2.75, 3.05) is 5.75 Å². The van der Waals surface area contributed by atoms with Crippen LogP contribution in [0.5, 0.6) is 0 Å². The molecule has 0 fully saturated rings. The van der Waals surface area contributed by atoms with Crippen molar-refractivity contribution in [1.29, 1.82) is 0 Å². The number of aliphatic hydroxyl groups excluding tert-OH is 2. The Kier molecular flexibility index (Phi) is 6.66. The molecule has 0 aliphatic rings. The largest absolute Gasteiger partial charge is 0.390 e. The van der Waals surface area contributed by atoms with Crippen LogP contribution in [0.15, 0.2) is 22.7 Å². The van der Waals surface area contributed by atoms with E-state index in [0.717, 1.165) is 16.2 Å². The van der Waals surface area contributed by atoms with Crippen molar-refractivity contribution in [1.82, 2.24) is 0 Å². The number of carbonyl (C=O) groups excluding carboxylic acids is 1. The summed E-state index contributed by atoms with van der Waals surface area (Å²) in [6, 6.07) is 5.02. The fourth-order valence-electron chi connectivity index (χ4n) is 1.45. The lowest BCUT2D eigenvalue weighted by atomic mass is 10.0. The molecular formula is C12H14BrClO3S. The minimum atomic E-state index is -1.01. The van der Waals surface area contributed by atoms with Gasteiger partial charge in [-0.25, -0.2) is 0 Å². The van der Waals surface area contributed by atoms with Crippen LogP contribution in [0.3, 0.4) is 0 Å². The van der Waals surface area contributed by atoms with Gasteiger partial charge >= 0.3 is 0 Å². The van der Waals surface area contributed by atoms with E-state index in [1.165, 1.54) is 6.92 Å². The van der Waals surface area contributed by atoms with E-state index in [2.05, 4.69) is 15.9 Å². The van der Waals surface area contributed by atoms with Gasteiger partial charge in [-0.15, -0.1) is 0 Å². The predicted octanol–water partition coefficient (Wildman–Crippen LogP) is 3.17. The predicted molar refractivity (Wildman–Crippen MR) is 77.9 cm³/mol. The summed E-state index contributed by atoms with van der Waals surface area (Å²) >= 11 is 10.3. The summed E-state index contributed by atoms with van der Waals surface area (Å²) in [7, 11) is 0. The molecule has 0 bridgehead atoms. The van der Waals surface area contributed by atoms with Gasteiger partial charge in [0, 0.05) is 22.2 Å². The van der Waals surface area contributed by atoms with Crippen molar-refractivity contribution in [3.63, 3.8) is 0 Å². The van der Waals surface area contributed by atoms with Crippen LogP contribution in [-0.2, 0) is 4.79 Å². The first kappa shape index (κ1) is 16.0. The van der Waals surface area contributed by atoms with Gasteiger partial charge in [0.15, 0.2) is 5.12 Å². The lowest BCUT2D eigenvalue weighted by Gasteiger charge is -2.18. The maximum Gasteiger partial charge on any atom is 0.185 e. The molecule has 0 spiro atoms. The van der Waals surface area contributed by atoms with E-state index >= 15 is 0 Å². The molecule has 0 aliphatic heterocycles. The summed E-state index contributed by atoms with van der Waals surface area (Å²) in [5, 5.41) is 20.3. The Hall–Kier alpha value is -0.0700. The molecule has 0 aromatic heterocycles. The molecule has 100 valence electrons. The molecule has 2 unspecified atom stereocenters. The summed E-state index contributed by atoms with van der Waals surface area (Å²) in [6.45, 7) is 1.47. The summed E-state index contributed by atoms with van der Waals surface area (Å²) in [5.41, 5.74) is 0.551. The SMILES string of the molecule is CC(=O)SCCC(O)C(O)c1cc(Cl)cc(Br)c1. The zero-order valence-corrected chi connectivity index (χ0v) is 12.9. The molecule has 3 nitrogen and oxygen atoms in total.